The molecule has 0 bridgehead atoms. The summed E-state index contributed by atoms with van der Waals surface area (Å²) < 4.78 is 27.1. The highest BCUT2D eigenvalue weighted by Crippen LogP contribution is 2.39. The molecule has 0 saturated carbocycles. The van der Waals surface area contributed by atoms with Crippen molar-refractivity contribution in [1.82, 2.24) is 9.62 Å². The number of hydrogen-bond acceptors (Lipinski definition) is 3. The van der Waals surface area contributed by atoms with Crippen LogP contribution in [0.2, 0.25) is 0 Å². The molecule has 0 aliphatic carbocycles. The number of rotatable bonds is 6. The lowest BCUT2D eigenvalue weighted by Gasteiger charge is -2.26. The summed E-state index contributed by atoms with van der Waals surface area (Å²) in [7, 11) is -1.47. The van der Waals surface area contributed by atoms with E-state index in [1.165, 1.54) is 0 Å². The molecule has 118 valence electrons. The van der Waals surface area contributed by atoms with Crippen molar-refractivity contribution >= 4 is 10.0 Å². The van der Waals surface area contributed by atoms with Crippen LogP contribution in [0.15, 0.2) is 29.2 Å². The van der Waals surface area contributed by atoms with Gasteiger partial charge in [-0.05, 0) is 49.4 Å². The number of nitrogens with zero attached hydrogens (tertiary/aromatic N) is 1. The fourth-order valence-corrected chi connectivity index (χ4v) is 4.61. The van der Waals surface area contributed by atoms with E-state index in [0.717, 1.165) is 31.4 Å². The van der Waals surface area contributed by atoms with E-state index in [1.54, 1.807) is 16.4 Å². The van der Waals surface area contributed by atoms with E-state index in [9.17, 15) is 8.42 Å². The van der Waals surface area contributed by atoms with Gasteiger partial charge < -0.3 is 5.32 Å². The van der Waals surface area contributed by atoms with Crippen molar-refractivity contribution in [3.05, 3.63) is 29.8 Å². The highest BCUT2D eigenvalue weighted by molar-refractivity contribution is 7.89. The summed E-state index contributed by atoms with van der Waals surface area (Å²) in [5.74, 6) is 0. The minimum absolute atomic E-state index is 0.166. The van der Waals surface area contributed by atoms with Crippen LogP contribution >= 0.6 is 0 Å². The Bertz CT molecular complexity index is 562. The molecule has 0 spiro atoms. The summed E-state index contributed by atoms with van der Waals surface area (Å²) >= 11 is 0. The molecule has 1 aliphatic heterocycles. The molecule has 4 nitrogen and oxygen atoms in total. The smallest absolute Gasteiger partial charge is 0.243 e. The predicted molar refractivity (Wildman–Crippen MR) is 85.6 cm³/mol. The Balaban J connectivity index is 2.19. The van der Waals surface area contributed by atoms with Crippen molar-refractivity contribution < 1.29 is 8.42 Å². The molecule has 1 aromatic carbocycles. The lowest BCUT2D eigenvalue weighted by atomic mass is 9.82. The topological polar surface area (TPSA) is 49.4 Å². The van der Waals surface area contributed by atoms with Gasteiger partial charge in [-0.2, -0.15) is 4.31 Å². The van der Waals surface area contributed by atoms with Crippen LogP contribution in [0.25, 0.3) is 0 Å². The van der Waals surface area contributed by atoms with Gasteiger partial charge in [0, 0.05) is 19.6 Å². The van der Waals surface area contributed by atoms with E-state index in [4.69, 9.17) is 0 Å². The van der Waals surface area contributed by atoms with Crippen LogP contribution in [0.4, 0.5) is 0 Å². The first-order chi connectivity index (χ1) is 9.97. The molecule has 5 heteroatoms. The zero-order valence-electron chi connectivity index (χ0n) is 13.2. The normalized spacial score (nSPS) is 19.0. The average Bonchev–Trinajstić information content (AvgIpc) is 2.94. The maximum atomic E-state index is 12.7. The van der Waals surface area contributed by atoms with Gasteiger partial charge in [0.15, 0.2) is 0 Å². The summed E-state index contributed by atoms with van der Waals surface area (Å²) in [6, 6.07) is 7.21. The van der Waals surface area contributed by atoms with Gasteiger partial charge >= 0.3 is 0 Å². The third kappa shape index (κ3) is 3.30. The summed E-state index contributed by atoms with van der Waals surface area (Å²) in [6.07, 6.45) is 3.05. The lowest BCUT2D eigenvalue weighted by molar-refractivity contribution is 0.279. The second kappa shape index (κ2) is 6.46. The molecule has 1 N–H and O–H groups in total. The van der Waals surface area contributed by atoms with Gasteiger partial charge in [-0.15, -0.1) is 0 Å². The van der Waals surface area contributed by atoms with Gasteiger partial charge in [0.1, 0.15) is 0 Å². The van der Waals surface area contributed by atoms with E-state index in [0.29, 0.717) is 18.0 Å². The minimum atomic E-state index is -3.35. The van der Waals surface area contributed by atoms with Gasteiger partial charge in [0.25, 0.3) is 0 Å². The Morgan fingerprint density at radius 1 is 1.19 bits per heavy atom. The molecule has 0 radical (unpaired) electrons. The fraction of sp³-hybridized carbons (Fsp3) is 0.625. The first-order valence-electron chi connectivity index (χ1n) is 7.71. The average molecular weight is 310 g/mol. The van der Waals surface area contributed by atoms with Crippen LogP contribution in [0.3, 0.4) is 0 Å². The molecule has 1 fully saturated rings. The molecular formula is C16H26N2O2S. The molecule has 0 amide bonds. The van der Waals surface area contributed by atoms with Crippen molar-refractivity contribution in [3.63, 3.8) is 0 Å². The molecule has 0 unspecified atom stereocenters. The molecule has 1 aliphatic rings. The fourth-order valence-electron chi connectivity index (χ4n) is 3.06. The second-order valence-corrected chi connectivity index (χ2v) is 7.91. The monoisotopic (exact) mass is 310 g/mol. The molecule has 1 saturated heterocycles. The van der Waals surface area contributed by atoms with Crippen LogP contribution in [-0.2, 0) is 16.6 Å². The Morgan fingerprint density at radius 3 is 2.29 bits per heavy atom. The van der Waals surface area contributed by atoms with E-state index in [-0.39, 0.29) is 5.41 Å². The summed E-state index contributed by atoms with van der Waals surface area (Å²) in [6.45, 7) is 6.36. The van der Waals surface area contributed by atoms with Crippen molar-refractivity contribution in [2.45, 2.75) is 44.6 Å². The second-order valence-electron chi connectivity index (χ2n) is 5.97. The molecule has 21 heavy (non-hydrogen) atoms. The number of sulfonamides is 1. The van der Waals surface area contributed by atoms with Gasteiger partial charge in [0.2, 0.25) is 10.0 Å². The number of hydrogen-bond donors (Lipinski definition) is 1. The Morgan fingerprint density at radius 2 is 1.81 bits per heavy atom. The number of nitrogens with one attached hydrogen (secondary N) is 1. The van der Waals surface area contributed by atoms with Gasteiger partial charge in [-0.3, -0.25) is 0 Å². The Labute approximate surface area is 128 Å². The van der Waals surface area contributed by atoms with E-state index < -0.39 is 10.0 Å². The molecule has 0 atom stereocenters. The minimum Gasteiger partial charge on any atom is -0.316 e. The maximum absolute atomic E-state index is 12.7. The van der Waals surface area contributed by atoms with E-state index in [2.05, 4.69) is 19.2 Å². The maximum Gasteiger partial charge on any atom is 0.243 e. The zero-order chi connectivity index (χ0) is 15.5. The Hall–Kier alpha value is -0.910. The van der Waals surface area contributed by atoms with E-state index in [1.807, 2.05) is 19.2 Å². The standard InChI is InChI=1S/C16H26N2O2S/c1-4-16(5-2)10-11-18(13-16)21(19,20)15-8-6-14(7-9-15)12-17-3/h6-9,17H,4-5,10-13H2,1-3H3. The van der Waals surface area contributed by atoms with Crippen molar-refractivity contribution in [2.75, 3.05) is 20.1 Å². The first kappa shape index (κ1) is 16.5. The third-order valence-electron chi connectivity index (χ3n) is 4.85. The SMILES string of the molecule is CCC1(CC)CCN(S(=O)(=O)c2ccc(CNC)cc2)C1. The Kier molecular flexibility index (Phi) is 5.07. The molecule has 2 rings (SSSR count). The van der Waals surface area contributed by atoms with Crippen LogP contribution in [0.5, 0.6) is 0 Å². The van der Waals surface area contributed by atoms with Crippen LogP contribution < -0.4 is 5.32 Å². The van der Waals surface area contributed by atoms with Crippen LogP contribution in [0, 0.1) is 5.41 Å². The highest BCUT2D eigenvalue weighted by atomic mass is 32.2. The quantitative estimate of drug-likeness (QED) is 0.878. The molecule has 0 aromatic heterocycles. The van der Waals surface area contributed by atoms with Crippen molar-refractivity contribution in [1.29, 1.82) is 0 Å². The van der Waals surface area contributed by atoms with Gasteiger partial charge in [-0.25, -0.2) is 8.42 Å². The van der Waals surface area contributed by atoms with Gasteiger partial charge in [0.05, 0.1) is 4.90 Å². The first-order valence-corrected chi connectivity index (χ1v) is 9.15. The van der Waals surface area contributed by atoms with Crippen molar-refractivity contribution in [3.8, 4) is 0 Å². The molecule has 1 heterocycles. The summed E-state index contributed by atoms with van der Waals surface area (Å²) in [4.78, 5) is 0.408. The van der Waals surface area contributed by atoms with E-state index >= 15 is 0 Å². The van der Waals surface area contributed by atoms with Gasteiger partial charge in [-0.1, -0.05) is 26.0 Å². The summed E-state index contributed by atoms with van der Waals surface area (Å²) in [5, 5.41) is 3.06. The lowest BCUT2D eigenvalue weighted by Crippen LogP contribution is -2.31. The van der Waals surface area contributed by atoms with Crippen LogP contribution in [0.1, 0.15) is 38.7 Å². The molecule has 1 aromatic rings. The van der Waals surface area contributed by atoms with Crippen molar-refractivity contribution in [2.24, 2.45) is 5.41 Å². The predicted octanol–water partition coefficient (Wildman–Crippen LogP) is 2.61. The largest absolute Gasteiger partial charge is 0.316 e. The third-order valence-corrected chi connectivity index (χ3v) is 6.70. The van der Waals surface area contributed by atoms with Crippen LogP contribution in [-0.4, -0.2) is 32.9 Å². The molecular weight excluding hydrogens is 284 g/mol. The highest BCUT2D eigenvalue weighted by Gasteiger charge is 2.40. The zero-order valence-corrected chi connectivity index (χ0v) is 14.0. The summed E-state index contributed by atoms with van der Waals surface area (Å²) in [5.41, 5.74) is 1.26. The number of benzene rings is 1.